The first-order valence-electron chi connectivity index (χ1n) is 7.02. The minimum atomic E-state index is -0.334. The molecule has 0 fully saturated rings. The lowest BCUT2D eigenvalue weighted by atomic mass is 10.00. The molecule has 0 amide bonds. The van der Waals surface area contributed by atoms with E-state index in [1.807, 2.05) is 6.07 Å². The van der Waals surface area contributed by atoms with Crippen molar-refractivity contribution >= 4 is 5.69 Å². The largest absolute Gasteiger partial charge is 0.306 e. The van der Waals surface area contributed by atoms with Crippen LogP contribution in [0.25, 0.3) is 0 Å². The average Bonchev–Trinajstić information content (AvgIpc) is 2.47. The molecule has 0 saturated carbocycles. The molecule has 4 nitrogen and oxygen atoms in total. The van der Waals surface area contributed by atoms with E-state index in [0.29, 0.717) is 12.1 Å². The maximum Gasteiger partial charge on any atom is 0.273 e. The predicted molar refractivity (Wildman–Crippen MR) is 84.3 cm³/mol. The van der Waals surface area contributed by atoms with E-state index in [2.05, 4.69) is 44.3 Å². The fraction of sp³-hybridized carbons (Fsp3) is 0.294. The Labute approximate surface area is 125 Å². The molecular weight excluding hydrogens is 264 g/mol. The van der Waals surface area contributed by atoms with E-state index >= 15 is 0 Å². The average molecular weight is 284 g/mol. The summed E-state index contributed by atoms with van der Waals surface area (Å²) >= 11 is 0. The van der Waals surface area contributed by atoms with Gasteiger partial charge in [-0.15, -0.1) is 0 Å². The summed E-state index contributed by atoms with van der Waals surface area (Å²) in [5.74, 6) is 0. The van der Waals surface area contributed by atoms with Crippen LogP contribution >= 0.6 is 0 Å². The minimum absolute atomic E-state index is 0.143. The third-order valence-electron chi connectivity index (χ3n) is 3.69. The number of para-hydroxylation sites is 1. The second-order valence-corrected chi connectivity index (χ2v) is 5.35. The standard InChI is InChI=1S/C17H20N2O2/c1-12-8-9-13(2)16(10-12)14(3)18-11-15-6-4-5-7-17(15)19(20)21/h4-10,14,18H,11H2,1-3H3. The van der Waals surface area contributed by atoms with Crippen molar-refractivity contribution in [2.24, 2.45) is 0 Å². The van der Waals surface area contributed by atoms with Crippen LogP contribution in [0.15, 0.2) is 42.5 Å². The monoisotopic (exact) mass is 284 g/mol. The molecule has 0 saturated heterocycles. The minimum Gasteiger partial charge on any atom is -0.306 e. The first kappa shape index (κ1) is 15.2. The summed E-state index contributed by atoms with van der Waals surface area (Å²) in [6.45, 7) is 6.71. The summed E-state index contributed by atoms with van der Waals surface area (Å²) in [6.07, 6.45) is 0. The molecule has 2 rings (SSSR count). The Morgan fingerprint density at radius 2 is 1.90 bits per heavy atom. The van der Waals surface area contributed by atoms with Gasteiger partial charge in [0.25, 0.3) is 5.69 Å². The van der Waals surface area contributed by atoms with Crippen LogP contribution in [0.5, 0.6) is 0 Å². The summed E-state index contributed by atoms with van der Waals surface area (Å²) in [7, 11) is 0. The zero-order chi connectivity index (χ0) is 15.4. The summed E-state index contributed by atoms with van der Waals surface area (Å²) in [4.78, 5) is 10.7. The smallest absolute Gasteiger partial charge is 0.273 e. The molecule has 0 aliphatic rings. The van der Waals surface area contributed by atoms with Crippen LogP contribution in [0, 0.1) is 24.0 Å². The van der Waals surface area contributed by atoms with E-state index in [9.17, 15) is 10.1 Å². The van der Waals surface area contributed by atoms with Crippen molar-refractivity contribution < 1.29 is 4.92 Å². The number of rotatable bonds is 5. The van der Waals surface area contributed by atoms with E-state index in [1.54, 1.807) is 18.2 Å². The molecule has 0 radical (unpaired) electrons. The van der Waals surface area contributed by atoms with Crippen molar-refractivity contribution in [3.63, 3.8) is 0 Å². The molecule has 21 heavy (non-hydrogen) atoms. The highest BCUT2D eigenvalue weighted by molar-refractivity contribution is 5.40. The van der Waals surface area contributed by atoms with Crippen LogP contribution in [-0.2, 0) is 6.54 Å². The van der Waals surface area contributed by atoms with Gasteiger partial charge in [-0.3, -0.25) is 10.1 Å². The molecule has 1 N–H and O–H groups in total. The molecular formula is C17H20N2O2. The molecule has 0 aromatic heterocycles. The van der Waals surface area contributed by atoms with Gasteiger partial charge in [-0.1, -0.05) is 42.0 Å². The van der Waals surface area contributed by atoms with Crippen molar-refractivity contribution in [2.45, 2.75) is 33.4 Å². The Balaban J connectivity index is 2.13. The van der Waals surface area contributed by atoms with Crippen LogP contribution in [0.1, 0.15) is 35.2 Å². The summed E-state index contributed by atoms with van der Waals surface area (Å²) in [5.41, 5.74) is 4.55. The zero-order valence-corrected chi connectivity index (χ0v) is 12.6. The van der Waals surface area contributed by atoms with Gasteiger partial charge in [-0.25, -0.2) is 0 Å². The van der Waals surface area contributed by atoms with Gasteiger partial charge in [0.05, 0.1) is 4.92 Å². The molecule has 2 aromatic carbocycles. The molecule has 0 aliphatic carbocycles. The van der Waals surface area contributed by atoms with E-state index < -0.39 is 0 Å². The number of nitro benzene ring substituents is 1. The maximum atomic E-state index is 11.0. The van der Waals surface area contributed by atoms with Crippen LogP contribution in [-0.4, -0.2) is 4.92 Å². The number of nitrogens with zero attached hydrogens (tertiary/aromatic N) is 1. The number of nitro groups is 1. The van der Waals surface area contributed by atoms with Gasteiger partial charge in [0.1, 0.15) is 0 Å². The van der Waals surface area contributed by atoms with Crippen molar-refractivity contribution in [2.75, 3.05) is 0 Å². The van der Waals surface area contributed by atoms with E-state index in [-0.39, 0.29) is 16.7 Å². The number of hydrogen-bond acceptors (Lipinski definition) is 3. The van der Waals surface area contributed by atoms with Crippen LogP contribution in [0.4, 0.5) is 5.69 Å². The number of benzene rings is 2. The zero-order valence-electron chi connectivity index (χ0n) is 12.6. The van der Waals surface area contributed by atoms with E-state index in [1.165, 1.54) is 16.7 Å². The molecule has 0 aliphatic heterocycles. The number of aryl methyl sites for hydroxylation is 2. The molecule has 4 heteroatoms. The van der Waals surface area contributed by atoms with Crippen LogP contribution < -0.4 is 5.32 Å². The fourth-order valence-corrected chi connectivity index (χ4v) is 2.44. The third kappa shape index (κ3) is 3.67. The number of nitrogens with one attached hydrogen (secondary N) is 1. The lowest BCUT2D eigenvalue weighted by molar-refractivity contribution is -0.385. The Hall–Kier alpha value is -2.20. The highest BCUT2D eigenvalue weighted by Crippen LogP contribution is 2.21. The molecule has 110 valence electrons. The molecule has 0 heterocycles. The SMILES string of the molecule is Cc1ccc(C)c(C(C)NCc2ccccc2[N+](=O)[O-])c1. The highest BCUT2D eigenvalue weighted by atomic mass is 16.6. The summed E-state index contributed by atoms with van der Waals surface area (Å²) in [6, 6.07) is 13.3. The molecule has 0 spiro atoms. The first-order valence-corrected chi connectivity index (χ1v) is 7.02. The lowest BCUT2D eigenvalue weighted by Crippen LogP contribution is -2.19. The lowest BCUT2D eigenvalue weighted by Gasteiger charge is -2.17. The molecule has 1 atom stereocenters. The Kier molecular flexibility index (Phi) is 4.70. The van der Waals surface area contributed by atoms with Gasteiger partial charge < -0.3 is 5.32 Å². The maximum absolute atomic E-state index is 11.0. The van der Waals surface area contributed by atoms with Gasteiger partial charge in [-0.05, 0) is 31.9 Å². The Morgan fingerprint density at radius 3 is 2.62 bits per heavy atom. The van der Waals surface area contributed by atoms with E-state index in [0.717, 1.165) is 0 Å². The van der Waals surface area contributed by atoms with E-state index in [4.69, 9.17) is 0 Å². The van der Waals surface area contributed by atoms with Crippen LogP contribution in [0.3, 0.4) is 0 Å². The third-order valence-corrected chi connectivity index (χ3v) is 3.69. The quantitative estimate of drug-likeness (QED) is 0.665. The van der Waals surface area contributed by atoms with Crippen molar-refractivity contribution in [1.29, 1.82) is 0 Å². The Bertz CT molecular complexity index is 653. The van der Waals surface area contributed by atoms with Gasteiger partial charge >= 0.3 is 0 Å². The number of hydrogen-bond donors (Lipinski definition) is 1. The van der Waals surface area contributed by atoms with Crippen molar-refractivity contribution in [1.82, 2.24) is 5.32 Å². The van der Waals surface area contributed by atoms with Crippen molar-refractivity contribution in [3.05, 3.63) is 74.8 Å². The van der Waals surface area contributed by atoms with Gasteiger partial charge in [0.15, 0.2) is 0 Å². The Morgan fingerprint density at radius 1 is 1.19 bits per heavy atom. The van der Waals surface area contributed by atoms with Gasteiger partial charge in [0.2, 0.25) is 0 Å². The summed E-state index contributed by atoms with van der Waals surface area (Å²) in [5, 5.41) is 14.4. The molecule has 0 bridgehead atoms. The topological polar surface area (TPSA) is 55.2 Å². The molecule has 2 aromatic rings. The van der Waals surface area contributed by atoms with Gasteiger partial charge in [0, 0.05) is 24.2 Å². The highest BCUT2D eigenvalue weighted by Gasteiger charge is 2.14. The predicted octanol–water partition coefficient (Wildman–Crippen LogP) is 4.06. The molecule has 1 unspecified atom stereocenters. The second-order valence-electron chi connectivity index (χ2n) is 5.35. The summed E-state index contributed by atoms with van der Waals surface area (Å²) < 4.78 is 0. The normalized spacial score (nSPS) is 12.1. The second kappa shape index (κ2) is 6.50. The van der Waals surface area contributed by atoms with Crippen LogP contribution in [0.2, 0.25) is 0 Å². The van der Waals surface area contributed by atoms with Gasteiger partial charge in [-0.2, -0.15) is 0 Å². The first-order chi connectivity index (χ1) is 9.99. The van der Waals surface area contributed by atoms with Crippen molar-refractivity contribution in [3.8, 4) is 0 Å². The fourth-order valence-electron chi connectivity index (χ4n) is 2.44.